The predicted octanol–water partition coefficient (Wildman–Crippen LogP) is 2.78. The van der Waals surface area contributed by atoms with E-state index in [2.05, 4.69) is 5.32 Å². The van der Waals surface area contributed by atoms with Crippen LogP contribution in [0.4, 0.5) is 0 Å². The molecule has 1 spiro atoms. The van der Waals surface area contributed by atoms with Gasteiger partial charge in [-0.05, 0) is 37.8 Å². The van der Waals surface area contributed by atoms with Crippen LogP contribution in [0.15, 0.2) is 24.3 Å². The fourth-order valence-corrected chi connectivity index (χ4v) is 4.39. The Bertz CT molecular complexity index is 622. The Morgan fingerprint density at radius 2 is 2.00 bits per heavy atom. The van der Waals surface area contributed by atoms with E-state index in [0.717, 1.165) is 19.3 Å². The van der Waals surface area contributed by atoms with Gasteiger partial charge < -0.3 is 15.2 Å². The third-order valence-electron chi connectivity index (χ3n) is 5.62. The summed E-state index contributed by atoms with van der Waals surface area (Å²) in [5.74, 6) is -1.10. The summed E-state index contributed by atoms with van der Waals surface area (Å²) in [4.78, 5) is 23.7. The lowest BCUT2D eigenvalue weighted by Crippen LogP contribution is -2.63. The molecule has 1 aromatic carbocycles. The highest BCUT2D eigenvalue weighted by atomic mass is 16.5. The number of aromatic carboxylic acids is 1. The molecule has 5 nitrogen and oxygen atoms in total. The van der Waals surface area contributed by atoms with Crippen molar-refractivity contribution in [2.24, 2.45) is 5.41 Å². The standard InChI is InChI=1S/C19H25NO4/c1-2-24-16-12-15(19(16)9-5-6-10-19)20-17(21)11-13-7-3-4-8-14(13)18(22)23/h3-4,7-8,15-16H,2,5-6,9-12H2,1H3,(H,20,21)(H,22,23). The Hall–Kier alpha value is -1.88. The first-order chi connectivity index (χ1) is 11.6. The summed E-state index contributed by atoms with van der Waals surface area (Å²) in [6, 6.07) is 6.84. The van der Waals surface area contributed by atoms with E-state index in [0.29, 0.717) is 12.2 Å². The highest BCUT2D eigenvalue weighted by molar-refractivity contribution is 5.91. The first-order valence-corrected chi connectivity index (χ1v) is 8.79. The van der Waals surface area contributed by atoms with Crippen molar-refractivity contribution in [2.45, 2.75) is 57.6 Å². The lowest BCUT2D eigenvalue weighted by Gasteiger charge is -2.54. The van der Waals surface area contributed by atoms with Gasteiger partial charge in [0.1, 0.15) is 0 Å². The van der Waals surface area contributed by atoms with E-state index in [9.17, 15) is 14.7 Å². The molecule has 5 heteroatoms. The van der Waals surface area contributed by atoms with E-state index in [1.165, 1.54) is 18.9 Å². The van der Waals surface area contributed by atoms with Crippen LogP contribution in [-0.2, 0) is 16.0 Å². The Morgan fingerprint density at radius 3 is 2.67 bits per heavy atom. The molecule has 2 aliphatic rings. The van der Waals surface area contributed by atoms with Crippen LogP contribution in [0.3, 0.4) is 0 Å². The molecule has 2 atom stereocenters. The number of ether oxygens (including phenoxy) is 1. The molecule has 130 valence electrons. The largest absolute Gasteiger partial charge is 0.478 e. The Balaban J connectivity index is 1.65. The average Bonchev–Trinajstić information content (AvgIpc) is 3.07. The van der Waals surface area contributed by atoms with E-state index >= 15 is 0 Å². The molecule has 2 aliphatic carbocycles. The van der Waals surface area contributed by atoms with Gasteiger partial charge in [-0.25, -0.2) is 4.79 Å². The molecule has 2 fully saturated rings. The van der Waals surface area contributed by atoms with Crippen LogP contribution in [0.2, 0.25) is 0 Å². The van der Waals surface area contributed by atoms with Crippen LogP contribution in [0.5, 0.6) is 0 Å². The van der Waals surface area contributed by atoms with Crippen molar-refractivity contribution in [1.82, 2.24) is 5.32 Å². The van der Waals surface area contributed by atoms with Crippen molar-refractivity contribution in [3.05, 3.63) is 35.4 Å². The minimum Gasteiger partial charge on any atom is -0.478 e. The third-order valence-corrected chi connectivity index (χ3v) is 5.62. The third kappa shape index (κ3) is 3.05. The van der Waals surface area contributed by atoms with Gasteiger partial charge in [0, 0.05) is 18.1 Å². The molecule has 3 rings (SSSR count). The SMILES string of the molecule is CCOC1CC(NC(=O)Cc2ccccc2C(=O)O)C12CCCC2. The molecule has 2 unspecified atom stereocenters. The van der Waals surface area contributed by atoms with E-state index < -0.39 is 5.97 Å². The van der Waals surface area contributed by atoms with Crippen LogP contribution in [0, 0.1) is 5.41 Å². The first kappa shape index (κ1) is 17.0. The summed E-state index contributed by atoms with van der Waals surface area (Å²) in [5.41, 5.74) is 0.852. The van der Waals surface area contributed by atoms with Crippen molar-refractivity contribution in [1.29, 1.82) is 0 Å². The number of carbonyl (C=O) groups excluding carboxylic acids is 1. The minimum atomic E-state index is -0.995. The molecule has 0 radical (unpaired) electrons. The molecular formula is C19H25NO4. The van der Waals surface area contributed by atoms with Crippen molar-refractivity contribution in [2.75, 3.05) is 6.61 Å². The fourth-order valence-electron chi connectivity index (χ4n) is 4.39. The number of carboxylic acids is 1. The molecule has 0 aromatic heterocycles. The average molecular weight is 331 g/mol. The lowest BCUT2D eigenvalue weighted by atomic mass is 9.60. The van der Waals surface area contributed by atoms with Gasteiger partial charge in [-0.3, -0.25) is 4.79 Å². The molecule has 1 amide bonds. The number of nitrogens with one attached hydrogen (secondary N) is 1. The zero-order valence-corrected chi connectivity index (χ0v) is 14.1. The highest BCUT2D eigenvalue weighted by Gasteiger charge is 2.57. The zero-order valence-electron chi connectivity index (χ0n) is 14.1. The van der Waals surface area contributed by atoms with Gasteiger partial charge in [0.2, 0.25) is 5.91 Å². The topological polar surface area (TPSA) is 75.6 Å². The van der Waals surface area contributed by atoms with Crippen molar-refractivity contribution >= 4 is 11.9 Å². The van der Waals surface area contributed by atoms with Crippen LogP contribution in [-0.4, -0.2) is 35.7 Å². The maximum atomic E-state index is 12.5. The van der Waals surface area contributed by atoms with Gasteiger partial charge >= 0.3 is 5.97 Å². The molecule has 0 aliphatic heterocycles. The van der Waals surface area contributed by atoms with Crippen LogP contribution in [0.25, 0.3) is 0 Å². The van der Waals surface area contributed by atoms with E-state index in [-0.39, 0.29) is 35.5 Å². The summed E-state index contributed by atoms with van der Waals surface area (Å²) < 4.78 is 5.87. The van der Waals surface area contributed by atoms with Gasteiger partial charge in [-0.15, -0.1) is 0 Å². The number of carbonyl (C=O) groups is 2. The molecule has 1 aromatic rings. The van der Waals surface area contributed by atoms with E-state index in [1.807, 2.05) is 6.92 Å². The number of hydrogen-bond donors (Lipinski definition) is 2. The van der Waals surface area contributed by atoms with Gasteiger partial charge in [-0.2, -0.15) is 0 Å². The van der Waals surface area contributed by atoms with Crippen LogP contribution in [0.1, 0.15) is 54.9 Å². The smallest absolute Gasteiger partial charge is 0.335 e. The monoisotopic (exact) mass is 331 g/mol. The van der Waals surface area contributed by atoms with Gasteiger partial charge in [0.25, 0.3) is 0 Å². The number of rotatable bonds is 6. The summed E-state index contributed by atoms with van der Waals surface area (Å²) >= 11 is 0. The molecule has 0 saturated heterocycles. The molecule has 2 N–H and O–H groups in total. The van der Waals surface area contributed by atoms with E-state index in [4.69, 9.17) is 4.74 Å². The second-order valence-corrected chi connectivity index (χ2v) is 6.88. The van der Waals surface area contributed by atoms with Gasteiger partial charge in [0.05, 0.1) is 18.1 Å². The maximum Gasteiger partial charge on any atom is 0.335 e. The highest BCUT2D eigenvalue weighted by Crippen LogP contribution is 2.54. The van der Waals surface area contributed by atoms with Crippen molar-refractivity contribution < 1.29 is 19.4 Å². The normalized spacial score (nSPS) is 24.5. The van der Waals surface area contributed by atoms with Crippen LogP contribution >= 0.6 is 0 Å². The minimum absolute atomic E-state index is 0.0952. The lowest BCUT2D eigenvalue weighted by molar-refractivity contribution is -0.143. The van der Waals surface area contributed by atoms with E-state index in [1.54, 1.807) is 18.2 Å². The Labute approximate surface area is 142 Å². The molecule has 0 heterocycles. The Kier molecular flexibility index (Phi) is 4.90. The van der Waals surface area contributed by atoms with Gasteiger partial charge in [0.15, 0.2) is 0 Å². The predicted molar refractivity (Wildman–Crippen MR) is 90.0 cm³/mol. The number of hydrogen-bond acceptors (Lipinski definition) is 3. The summed E-state index contributed by atoms with van der Waals surface area (Å²) in [5, 5.41) is 12.4. The fraction of sp³-hybridized carbons (Fsp3) is 0.579. The number of amides is 1. The van der Waals surface area contributed by atoms with Gasteiger partial charge in [-0.1, -0.05) is 31.0 Å². The summed E-state index contributed by atoms with van der Waals surface area (Å²) in [6.07, 6.45) is 5.81. The molecular weight excluding hydrogens is 306 g/mol. The number of carboxylic acid groups (broad SMARTS) is 1. The zero-order chi connectivity index (χ0) is 17.2. The van der Waals surface area contributed by atoms with Crippen molar-refractivity contribution in [3.8, 4) is 0 Å². The summed E-state index contributed by atoms with van der Waals surface area (Å²) in [7, 11) is 0. The Morgan fingerprint density at radius 1 is 1.29 bits per heavy atom. The molecule has 2 saturated carbocycles. The summed E-state index contributed by atoms with van der Waals surface area (Å²) in [6.45, 7) is 2.72. The number of benzene rings is 1. The quantitative estimate of drug-likeness (QED) is 0.840. The first-order valence-electron chi connectivity index (χ1n) is 8.79. The second-order valence-electron chi connectivity index (χ2n) is 6.88. The van der Waals surface area contributed by atoms with Crippen molar-refractivity contribution in [3.63, 3.8) is 0 Å². The molecule has 0 bridgehead atoms. The van der Waals surface area contributed by atoms with Crippen LogP contribution < -0.4 is 5.32 Å². The maximum absolute atomic E-state index is 12.5. The molecule has 24 heavy (non-hydrogen) atoms. The second kappa shape index (κ2) is 6.93.